The average Bonchev–Trinajstić information content (AvgIpc) is 2.39. The van der Waals surface area contributed by atoms with E-state index in [4.69, 9.17) is 10.5 Å². The molecule has 0 amide bonds. The summed E-state index contributed by atoms with van der Waals surface area (Å²) < 4.78 is 6.42. The molecule has 0 fully saturated rings. The number of methoxy groups -OCH3 is 1. The zero-order valence-corrected chi connectivity index (χ0v) is 12.8. The Morgan fingerprint density at radius 2 is 2.00 bits per heavy atom. The minimum absolute atomic E-state index is 0.0243. The average molecular weight is 320 g/mol. The third-order valence-electron chi connectivity index (χ3n) is 3.20. The zero-order valence-electron chi connectivity index (χ0n) is 11.2. The van der Waals surface area contributed by atoms with Gasteiger partial charge in [-0.1, -0.05) is 40.2 Å². The third kappa shape index (κ3) is 3.58. The van der Waals surface area contributed by atoms with Crippen LogP contribution in [0.3, 0.4) is 0 Å². The van der Waals surface area contributed by atoms with E-state index >= 15 is 0 Å². The molecule has 1 unspecified atom stereocenters. The van der Waals surface area contributed by atoms with Crippen LogP contribution in [0, 0.1) is 6.92 Å². The molecule has 2 aromatic carbocycles. The molecule has 0 saturated carbocycles. The van der Waals surface area contributed by atoms with Crippen molar-refractivity contribution in [1.82, 2.24) is 0 Å². The third-order valence-corrected chi connectivity index (χ3v) is 3.70. The van der Waals surface area contributed by atoms with Crippen LogP contribution in [-0.2, 0) is 6.42 Å². The fourth-order valence-electron chi connectivity index (χ4n) is 2.10. The molecule has 100 valence electrons. The maximum Gasteiger partial charge on any atom is 0.122 e. The molecule has 0 saturated heterocycles. The van der Waals surface area contributed by atoms with Crippen LogP contribution in [0.1, 0.15) is 22.7 Å². The van der Waals surface area contributed by atoms with Crippen LogP contribution >= 0.6 is 15.9 Å². The topological polar surface area (TPSA) is 35.2 Å². The summed E-state index contributed by atoms with van der Waals surface area (Å²) in [7, 11) is 1.69. The summed E-state index contributed by atoms with van der Waals surface area (Å²) in [6.07, 6.45) is 0.811. The highest BCUT2D eigenvalue weighted by Crippen LogP contribution is 2.24. The van der Waals surface area contributed by atoms with E-state index in [0.29, 0.717) is 0 Å². The Bertz CT molecular complexity index is 568. The van der Waals surface area contributed by atoms with Crippen LogP contribution in [0.2, 0.25) is 0 Å². The summed E-state index contributed by atoms with van der Waals surface area (Å²) in [5, 5.41) is 0. The van der Waals surface area contributed by atoms with Gasteiger partial charge in [-0.05, 0) is 48.2 Å². The molecule has 1 atom stereocenters. The van der Waals surface area contributed by atoms with Crippen LogP contribution in [-0.4, -0.2) is 7.11 Å². The predicted octanol–water partition coefficient (Wildman–Crippen LogP) is 4.01. The van der Waals surface area contributed by atoms with Gasteiger partial charge in [0.05, 0.1) is 7.11 Å². The summed E-state index contributed by atoms with van der Waals surface area (Å²) in [5.74, 6) is 0.891. The molecule has 0 aliphatic rings. The van der Waals surface area contributed by atoms with Crippen LogP contribution in [0.25, 0.3) is 0 Å². The number of aryl methyl sites for hydroxylation is 1. The summed E-state index contributed by atoms with van der Waals surface area (Å²) in [6, 6.07) is 14.4. The monoisotopic (exact) mass is 319 g/mol. The molecule has 0 aliphatic heterocycles. The van der Waals surface area contributed by atoms with Crippen LogP contribution in [0.15, 0.2) is 46.9 Å². The first-order valence-corrected chi connectivity index (χ1v) is 7.04. The van der Waals surface area contributed by atoms with E-state index in [1.54, 1.807) is 7.11 Å². The lowest BCUT2D eigenvalue weighted by atomic mass is 9.98. The maximum absolute atomic E-state index is 6.28. The largest absolute Gasteiger partial charge is 0.496 e. The van der Waals surface area contributed by atoms with Gasteiger partial charge in [0.15, 0.2) is 0 Å². The molecule has 0 aliphatic carbocycles. The molecular formula is C16H18BrNO. The van der Waals surface area contributed by atoms with Crippen molar-refractivity contribution in [3.8, 4) is 5.75 Å². The van der Waals surface area contributed by atoms with E-state index in [-0.39, 0.29) is 6.04 Å². The van der Waals surface area contributed by atoms with Crippen molar-refractivity contribution >= 4 is 15.9 Å². The van der Waals surface area contributed by atoms with Crippen molar-refractivity contribution in [3.63, 3.8) is 0 Å². The number of rotatable bonds is 4. The molecule has 0 heterocycles. The molecular weight excluding hydrogens is 302 g/mol. The second kappa shape index (κ2) is 6.22. The van der Waals surface area contributed by atoms with Crippen molar-refractivity contribution in [1.29, 1.82) is 0 Å². The first kappa shape index (κ1) is 14.1. The van der Waals surface area contributed by atoms with Crippen molar-refractivity contribution in [2.75, 3.05) is 7.11 Å². The van der Waals surface area contributed by atoms with Gasteiger partial charge >= 0.3 is 0 Å². The van der Waals surface area contributed by atoms with E-state index in [0.717, 1.165) is 27.8 Å². The quantitative estimate of drug-likeness (QED) is 0.924. The van der Waals surface area contributed by atoms with Gasteiger partial charge in [-0.15, -0.1) is 0 Å². The molecule has 2 rings (SSSR count). The van der Waals surface area contributed by atoms with Gasteiger partial charge in [0.25, 0.3) is 0 Å². The van der Waals surface area contributed by atoms with E-state index < -0.39 is 0 Å². The Morgan fingerprint density at radius 3 is 2.68 bits per heavy atom. The van der Waals surface area contributed by atoms with E-state index in [1.807, 2.05) is 25.1 Å². The van der Waals surface area contributed by atoms with Crippen LogP contribution < -0.4 is 10.5 Å². The highest BCUT2D eigenvalue weighted by Gasteiger charge is 2.09. The standard InChI is InChI=1S/C16H18BrNO/c1-11-6-7-13(10-16(11)19-2)15(18)9-12-4-3-5-14(17)8-12/h3-8,10,15H,9,18H2,1-2H3. The Kier molecular flexibility index (Phi) is 4.61. The molecule has 2 aromatic rings. The van der Waals surface area contributed by atoms with Crippen molar-refractivity contribution in [3.05, 3.63) is 63.6 Å². The molecule has 0 aromatic heterocycles. The van der Waals surface area contributed by atoms with Crippen molar-refractivity contribution in [2.24, 2.45) is 5.73 Å². The molecule has 19 heavy (non-hydrogen) atoms. The number of halogens is 1. The summed E-state index contributed by atoms with van der Waals surface area (Å²) >= 11 is 3.48. The van der Waals surface area contributed by atoms with Crippen molar-refractivity contribution in [2.45, 2.75) is 19.4 Å². The number of hydrogen-bond donors (Lipinski definition) is 1. The first-order chi connectivity index (χ1) is 9.10. The number of nitrogens with two attached hydrogens (primary N) is 1. The lowest BCUT2D eigenvalue weighted by Crippen LogP contribution is -2.13. The fraction of sp³-hybridized carbons (Fsp3) is 0.250. The Labute approximate surface area is 122 Å². The summed E-state index contributed by atoms with van der Waals surface area (Å²) in [5.41, 5.74) is 9.73. The van der Waals surface area contributed by atoms with Gasteiger partial charge in [-0.3, -0.25) is 0 Å². The van der Waals surface area contributed by atoms with Gasteiger partial charge < -0.3 is 10.5 Å². The second-order valence-electron chi connectivity index (χ2n) is 4.67. The van der Waals surface area contributed by atoms with Crippen molar-refractivity contribution < 1.29 is 4.74 Å². The van der Waals surface area contributed by atoms with E-state index in [2.05, 4.69) is 40.2 Å². The SMILES string of the molecule is COc1cc(C(N)Cc2cccc(Br)c2)ccc1C. The molecule has 2 nitrogen and oxygen atoms in total. The lowest BCUT2D eigenvalue weighted by Gasteiger charge is -2.14. The Morgan fingerprint density at radius 1 is 1.21 bits per heavy atom. The van der Waals surface area contributed by atoms with E-state index in [1.165, 1.54) is 5.56 Å². The molecule has 3 heteroatoms. The summed E-state index contributed by atoms with van der Waals surface area (Å²) in [4.78, 5) is 0. The Hall–Kier alpha value is -1.32. The Balaban J connectivity index is 2.18. The highest BCUT2D eigenvalue weighted by atomic mass is 79.9. The van der Waals surface area contributed by atoms with Gasteiger partial charge in [0, 0.05) is 10.5 Å². The van der Waals surface area contributed by atoms with Gasteiger partial charge in [0.2, 0.25) is 0 Å². The van der Waals surface area contributed by atoms with Gasteiger partial charge in [-0.25, -0.2) is 0 Å². The molecule has 0 spiro atoms. The van der Waals surface area contributed by atoms with Crippen LogP contribution in [0.5, 0.6) is 5.75 Å². The normalized spacial score (nSPS) is 12.2. The molecule has 0 radical (unpaired) electrons. The number of benzene rings is 2. The molecule has 0 bridgehead atoms. The fourth-order valence-corrected chi connectivity index (χ4v) is 2.55. The predicted molar refractivity (Wildman–Crippen MR) is 82.5 cm³/mol. The molecule has 2 N–H and O–H groups in total. The maximum atomic E-state index is 6.28. The van der Waals surface area contributed by atoms with Gasteiger partial charge in [0.1, 0.15) is 5.75 Å². The zero-order chi connectivity index (χ0) is 13.8. The minimum atomic E-state index is -0.0243. The summed E-state index contributed by atoms with van der Waals surface area (Å²) in [6.45, 7) is 2.03. The second-order valence-corrected chi connectivity index (χ2v) is 5.59. The lowest BCUT2D eigenvalue weighted by molar-refractivity contribution is 0.410. The van der Waals surface area contributed by atoms with Crippen LogP contribution in [0.4, 0.5) is 0 Å². The smallest absolute Gasteiger partial charge is 0.122 e. The van der Waals surface area contributed by atoms with E-state index in [9.17, 15) is 0 Å². The highest BCUT2D eigenvalue weighted by molar-refractivity contribution is 9.10. The van der Waals surface area contributed by atoms with Gasteiger partial charge in [-0.2, -0.15) is 0 Å². The number of ether oxygens (including phenoxy) is 1. The first-order valence-electron chi connectivity index (χ1n) is 6.24. The minimum Gasteiger partial charge on any atom is -0.496 e. The number of hydrogen-bond acceptors (Lipinski definition) is 2.